The van der Waals surface area contributed by atoms with Crippen molar-refractivity contribution in [1.29, 1.82) is 0 Å². The zero-order chi connectivity index (χ0) is 35.8. The van der Waals surface area contributed by atoms with Crippen molar-refractivity contribution in [3.63, 3.8) is 0 Å². The summed E-state index contributed by atoms with van der Waals surface area (Å²) in [5, 5.41) is 35.9. The molecule has 2 unspecified atom stereocenters. The van der Waals surface area contributed by atoms with Gasteiger partial charge in [-0.3, -0.25) is 9.59 Å². The van der Waals surface area contributed by atoms with E-state index in [9.17, 15) is 24.9 Å². The molecule has 5 atom stereocenters. The number of likely N-dealkylation sites (N-methyl/N-ethyl adjacent to an activating group) is 1. The minimum atomic E-state index is -1.52. The SMILES string of the molecule is CCC(C)c1cc(OC)c([C@H]2O[C@@H](O)C(O)[C@@H](CO)O2)cc1Cc1ccc(/C=C/C(C)(C)C(=O)NC(C)(C)C(=O)NCCN(C)C)cc1. The van der Waals surface area contributed by atoms with Gasteiger partial charge in [-0.25, -0.2) is 0 Å². The summed E-state index contributed by atoms with van der Waals surface area (Å²) in [6, 6.07) is 12.0. The van der Waals surface area contributed by atoms with Gasteiger partial charge in [0.25, 0.3) is 0 Å². The minimum absolute atomic E-state index is 0.235. The molecule has 1 saturated heterocycles. The Bertz CT molecular complexity index is 1410. The summed E-state index contributed by atoms with van der Waals surface area (Å²) >= 11 is 0. The average Bonchev–Trinajstić information content (AvgIpc) is 3.04. The van der Waals surface area contributed by atoms with Gasteiger partial charge in [-0.1, -0.05) is 50.3 Å². The molecule has 48 heavy (non-hydrogen) atoms. The highest BCUT2D eigenvalue weighted by Gasteiger charge is 2.39. The Hall–Kier alpha value is -3.32. The summed E-state index contributed by atoms with van der Waals surface area (Å²) in [6.45, 7) is 12.0. The van der Waals surface area contributed by atoms with Crippen molar-refractivity contribution in [2.75, 3.05) is 40.9 Å². The molecular formula is C37H55N3O8. The molecule has 0 radical (unpaired) electrons. The second-order valence-electron chi connectivity index (χ2n) is 13.9. The van der Waals surface area contributed by atoms with Crippen LogP contribution in [-0.2, 0) is 25.5 Å². The quantitative estimate of drug-likeness (QED) is 0.192. The molecule has 5 N–H and O–H groups in total. The first kappa shape index (κ1) is 39.1. The summed E-state index contributed by atoms with van der Waals surface area (Å²) in [4.78, 5) is 27.9. The molecule has 266 valence electrons. The molecule has 0 bridgehead atoms. The Morgan fingerprint density at radius 2 is 1.73 bits per heavy atom. The first-order valence-electron chi connectivity index (χ1n) is 16.5. The lowest BCUT2D eigenvalue weighted by Crippen LogP contribution is -2.57. The number of aliphatic hydroxyl groups is 3. The molecule has 11 heteroatoms. The number of nitrogens with one attached hydrogen (secondary N) is 2. The molecule has 0 aliphatic carbocycles. The molecule has 1 aliphatic heterocycles. The number of benzene rings is 2. The minimum Gasteiger partial charge on any atom is -0.496 e. The number of hydrogen-bond acceptors (Lipinski definition) is 9. The van der Waals surface area contributed by atoms with Gasteiger partial charge in [0, 0.05) is 13.1 Å². The van der Waals surface area contributed by atoms with Crippen LogP contribution in [0.25, 0.3) is 6.08 Å². The standard InChI is InChI=1S/C37H55N3O8/c1-10-23(2)27-21-29(46-9)28(33-47-30(22-41)31(42)32(43)48-33)20-26(27)19-25-13-11-24(12-14-25)15-16-36(3,4)34(44)39-37(5,6)35(45)38-17-18-40(7)8/h11-16,20-21,23,30-33,41-43H,10,17-19,22H2,1-9H3,(H,38,45)(H,39,44)/b16-15+/t23?,30-,31?,32-,33-/m1/s1. The molecule has 2 aromatic carbocycles. The van der Waals surface area contributed by atoms with E-state index in [4.69, 9.17) is 14.2 Å². The Morgan fingerprint density at radius 3 is 2.31 bits per heavy atom. The Kier molecular flexibility index (Phi) is 13.7. The molecule has 11 nitrogen and oxygen atoms in total. The number of amides is 2. The van der Waals surface area contributed by atoms with Crippen molar-refractivity contribution in [1.82, 2.24) is 15.5 Å². The highest BCUT2D eigenvalue weighted by Crippen LogP contribution is 2.39. The zero-order valence-electron chi connectivity index (χ0n) is 29.9. The van der Waals surface area contributed by atoms with Gasteiger partial charge in [-0.05, 0) is 94.9 Å². The third kappa shape index (κ3) is 10.1. The van der Waals surface area contributed by atoms with E-state index >= 15 is 0 Å². The van der Waals surface area contributed by atoms with Gasteiger partial charge in [0.1, 0.15) is 23.5 Å². The maximum Gasteiger partial charge on any atom is 0.245 e. The summed E-state index contributed by atoms with van der Waals surface area (Å²) < 4.78 is 17.1. The molecule has 1 fully saturated rings. The van der Waals surface area contributed by atoms with Crippen LogP contribution in [0.5, 0.6) is 5.75 Å². The normalized spacial score (nSPS) is 20.9. The van der Waals surface area contributed by atoms with E-state index in [0.29, 0.717) is 30.8 Å². The number of hydrogen-bond donors (Lipinski definition) is 5. The molecule has 1 aliphatic rings. The number of nitrogens with zero attached hydrogens (tertiary/aromatic N) is 1. The highest BCUT2D eigenvalue weighted by atomic mass is 16.8. The van der Waals surface area contributed by atoms with Gasteiger partial charge >= 0.3 is 0 Å². The van der Waals surface area contributed by atoms with Gasteiger partial charge in [-0.2, -0.15) is 0 Å². The van der Waals surface area contributed by atoms with Crippen molar-refractivity contribution < 1.29 is 39.1 Å². The summed E-state index contributed by atoms with van der Waals surface area (Å²) in [5.41, 5.74) is 2.74. The van der Waals surface area contributed by atoms with Crippen LogP contribution in [0.2, 0.25) is 0 Å². The maximum absolute atomic E-state index is 13.2. The van der Waals surface area contributed by atoms with Crippen LogP contribution in [0.15, 0.2) is 42.5 Å². The summed E-state index contributed by atoms with van der Waals surface area (Å²) in [6.07, 6.45) is 0.292. The van der Waals surface area contributed by atoms with E-state index in [1.165, 1.54) is 0 Å². The molecule has 1 heterocycles. The van der Waals surface area contributed by atoms with Crippen molar-refractivity contribution in [2.45, 2.75) is 90.6 Å². The van der Waals surface area contributed by atoms with E-state index in [0.717, 1.165) is 28.7 Å². The molecule has 0 spiro atoms. The van der Waals surface area contributed by atoms with Crippen molar-refractivity contribution in [2.24, 2.45) is 5.41 Å². The van der Waals surface area contributed by atoms with Crippen LogP contribution >= 0.6 is 0 Å². The fourth-order valence-corrected chi connectivity index (χ4v) is 5.27. The lowest BCUT2D eigenvalue weighted by molar-refractivity contribution is -0.342. The highest BCUT2D eigenvalue weighted by molar-refractivity contribution is 5.93. The number of rotatable bonds is 15. The third-order valence-corrected chi connectivity index (χ3v) is 8.79. The van der Waals surface area contributed by atoms with Crippen LogP contribution in [-0.4, -0.2) is 97.0 Å². The fourth-order valence-electron chi connectivity index (χ4n) is 5.27. The molecule has 0 saturated carbocycles. The van der Waals surface area contributed by atoms with Crippen LogP contribution in [0.1, 0.15) is 88.0 Å². The summed E-state index contributed by atoms with van der Waals surface area (Å²) in [5.74, 6) is 0.269. The lowest BCUT2D eigenvalue weighted by atomic mass is 9.88. The predicted octanol–water partition coefficient (Wildman–Crippen LogP) is 3.50. The third-order valence-electron chi connectivity index (χ3n) is 8.79. The Morgan fingerprint density at radius 1 is 1.06 bits per heavy atom. The topological polar surface area (TPSA) is 150 Å². The van der Waals surface area contributed by atoms with Crippen LogP contribution in [0.3, 0.4) is 0 Å². The molecular weight excluding hydrogens is 614 g/mol. The largest absolute Gasteiger partial charge is 0.496 e. The van der Waals surface area contributed by atoms with E-state index in [1.54, 1.807) is 21.0 Å². The number of aliphatic hydroxyl groups excluding tert-OH is 3. The lowest BCUT2D eigenvalue weighted by Gasteiger charge is -2.37. The van der Waals surface area contributed by atoms with E-state index in [-0.39, 0.29) is 17.7 Å². The van der Waals surface area contributed by atoms with Crippen LogP contribution in [0.4, 0.5) is 0 Å². The maximum atomic E-state index is 13.2. The van der Waals surface area contributed by atoms with Gasteiger partial charge < -0.3 is 45.1 Å². The molecule has 2 amide bonds. The second kappa shape index (κ2) is 16.9. The van der Waals surface area contributed by atoms with Gasteiger partial charge in [0.2, 0.25) is 11.8 Å². The van der Waals surface area contributed by atoms with Crippen molar-refractivity contribution >= 4 is 17.9 Å². The van der Waals surface area contributed by atoms with E-state index in [1.807, 2.05) is 81.4 Å². The summed E-state index contributed by atoms with van der Waals surface area (Å²) in [7, 11) is 5.42. The van der Waals surface area contributed by atoms with Gasteiger partial charge in [0.05, 0.1) is 24.7 Å². The van der Waals surface area contributed by atoms with E-state index < -0.39 is 42.3 Å². The van der Waals surface area contributed by atoms with Crippen molar-refractivity contribution in [3.05, 3.63) is 70.3 Å². The number of carbonyl (C=O) groups excluding carboxylic acids is 2. The predicted molar refractivity (Wildman–Crippen MR) is 185 cm³/mol. The second-order valence-corrected chi connectivity index (χ2v) is 13.9. The fraction of sp³-hybridized carbons (Fsp3) is 0.568. The smallest absolute Gasteiger partial charge is 0.245 e. The Balaban J connectivity index is 1.78. The number of carbonyl (C=O) groups is 2. The molecule has 3 rings (SSSR count). The average molecular weight is 670 g/mol. The number of methoxy groups -OCH3 is 1. The van der Waals surface area contributed by atoms with Crippen LogP contribution < -0.4 is 15.4 Å². The van der Waals surface area contributed by atoms with Crippen molar-refractivity contribution in [3.8, 4) is 5.75 Å². The first-order valence-corrected chi connectivity index (χ1v) is 16.5. The first-order chi connectivity index (χ1) is 22.5. The van der Waals surface area contributed by atoms with Gasteiger partial charge in [-0.15, -0.1) is 0 Å². The zero-order valence-corrected chi connectivity index (χ0v) is 29.9. The van der Waals surface area contributed by atoms with Gasteiger partial charge in [0.15, 0.2) is 12.6 Å². The number of ether oxygens (including phenoxy) is 3. The van der Waals surface area contributed by atoms with Crippen LogP contribution in [0, 0.1) is 5.41 Å². The molecule has 0 aromatic heterocycles. The molecule has 2 aromatic rings. The monoisotopic (exact) mass is 669 g/mol. The van der Waals surface area contributed by atoms with E-state index in [2.05, 4.69) is 24.5 Å². The Labute approximate surface area is 285 Å².